The smallest absolute Gasteiger partial charge is 0.192 e. The van der Waals surface area contributed by atoms with E-state index in [9.17, 15) is 5.11 Å². The molecule has 10 atom stereocenters. The van der Waals surface area contributed by atoms with Crippen LogP contribution in [-0.4, -0.2) is 37.3 Å². The van der Waals surface area contributed by atoms with Gasteiger partial charge in [0.15, 0.2) is 8.32 Å². The van der Waals surface area contributed by atoms with E-state index in [4.69, 9.17) is 9.16 Å². The van der Waals surface area contributed by atoms with Gasteiger partial charge in [0, 0.05) is 6.10 Å². The molecule has 1 saturated heterocycles. The van der Waals surface area contributed by atoms with Crippen LogP contribution in [0, 0.1) is 40.4 Å². The summed E-state index contributed by atoms with van der Waals surface area (Å²) in [6.45, 7) is 23.7. The van der Waals surface area contributed by atoms with E-state index in [0.29, 0.717) is 23.4 Å². The number of allylic oxidation sites excluding steroid dienone is 1. The number of epoxide rings is 1. The molecule has 1 heterocycles. The summed E-state index contributed by atoms with van der Waals surface area (Å²) in [7, 11) is -1.74. The molecule has 1 unspecified atom stereocenters. The number of aliphatic hydroxyl groups is 1. The SMILES string of the molecule is CC(C)C[C@H]1OC1[C@](C)(O)[C@H]1CC[C@H]2[C@@H]3CC=C4C[C@@H](O[Si](C)(C)C(C)(C)C)CC[C@]4(C)[C@H]3CC[C@@]21C. The molecule has 4 heteroatoms. The molecule has 0 spiro atoms. The Labute approximate surface area is 229 Å². The van der Waals surface area contributed by atoms with Gasteiger partial charge in [-0.2, -0.15) is 0 Å². The Kier molecular flexibility index (Phi) is 7.04. The zero-order valence-corrected chi connectivity index (χ0v) is 26.8. The minimum atomic E-state index is -1.74. The first-order valence-corrected chi connectivity index (χ1v) is 18.7. The lowest BCUT2D eigenvalue weighted by atomic mass is 9.46. The van der Waals surface area contributed by atoms with Gasteiger partial charge < -0.3 is 14.3 Å². The molecule has 212 valence electrons. The lowest BCUT2D eigenvalue weighted by molar-refractivity contribution is -0.110. The van der Waals surface area contributed by atoms with Crippen molar-refractivity contribution in [2.45, 2.75) is 155 Å². The first-order chi connectivity index (χ1) is 17.0. The zero-order valence-electron chi connectivity index (χ0n) is 25.8. The molecule has 0 aromatic heterocycles. The van der Waals surface area contributed by atoms with Crippen molar-refractivity contribution < 1.29 is 14.3 Å². The Hall–Kier alpha value is -0.163. The average molecular weight is 531 g/mol. The van der Waals surface area contributed by atoms with E-state index in [-0.39, 0.29) is 22.7 Å². The Morgan fingerprint density at radius 2 is 1.76 bits per heavy atom. The molecule has 0 bridgehead atoms. The van der Waals surface area contributed by atoms with Crippen molar-refractivity contribution in [1.82, 2.24) is 0 Å². The van der Waals surface area contributed by atoms with Crippen molar-refractivity contribution in [2.75, 3.05) is 0 Å². The number of ether oxygens (including phenoxy) is 1. The quantitative estimate of drug-likeness (QED) is 0.212. The minimum absolute atomic E-state index is 0.0414. The van der Waals surface area contributed by atoms with Crippen LogP contribution < -0.4 is 0 Å². The van der Waals surface area contributed by atoms with Crippen molar-refractivity contribution in [3.63, 3.8) is 0 Å². The minimum Gasteiger partial charge on any atom is -0.414 e. The van der Waals surface area contributed by atoms with E-state index in [1.807, 2.05) is 0 Å². The molecule has 0 radical (unpaired) electrons. The molecule has 1 aliphatic heterocycles. The number of fused-ring (bicyclic) bond motifs is 5. The lowest BCUT2D eigenvalue weighted by Gasteiger charge is -2.59. The van der Waals surface area contributed by atoms with Crippen LogP contribution in [0.5, 0.6) is 0 Å². The molecule has 0 aromatic rings. The van der Waals surface area contributed by atoms with Crippen molar-refractivity contribution in [1.29, 1.82) is 0 Å². The first-order valence-electron chi connectivity index (χ1n) is 15.8. The van der Waals surface area contributed by atoms with Crippen molar-refractivity contribution in [2.24, 2.45) is 40.4 Å². The van der Waals surface area contributed by atoms with E-state index >= 15 is 0 Å². The Morgan fingerprint density at radius 3 is 2.41 bits per heavy atom. The van der Waals surface area contributed by atoms with Gasteiger partial charge in [-0.1, -0.05) is 60.1 Å². The van der Waals surface area contributed by atoms with Gasteiger partial charge in [0.25, 0.3) is 0 Å². The largest absolute Gasteiger partial charge is 0.414 e. The Morgan fingerprint density at radius 1 is 1.05 bits per heavy atom. The van der Waals surface area contributed by atoms with Crippen molar-refractivity contribution in [3.05, 3.63) is 11.6 Å². The summed E-state index contributed by atoms with van der Waals surface area (Å²) in [5.41, 5.74) is 1.61. The van der Waals surface area contributed by atoms with Gasteiger partial charge in [-0.15, -0.1) is 0 Å². The van der Waals surface area contributed by atoms with Crippen LogP contribution in [0.2, 0.25) is 18.1 Å². The van der Waals surface area contributed by atoms with E-state index in [0.717, 1.165) is 30.6 Å². The maximum absolute atomic E-state index is 11.9. The monoisotopic (exact) mass is 530 g/mol. The van der Waals surface area contributed by atoms with Crippen LogP contribution in [0.1, 0.15) is 113 Å². The van der Waals surface area contributed by atoms with Gasteiger partial charge in [0.2, 0.25) is 0 Å². The molecule has 0 amide bonds. The fourth-order valence-electron chi connectivity index (χ4n) is 9.78. The Bertz CT molecular complexity index is 900. The van der Waals surface area contributed by atoms with Crippen LogP contribution in [0.15, 0.2) is 11.6 Å². The predicted octanol–water partition coefficient (Wildman–Crippen LogP) is 8.52. The normalized spacial score (nSPS) is 45.5. The third-order valence-electron chi connectivity index (χ3n) is 12.9. The molecule has 4 fully saturated rings. The summed E-state index contributed by atoms with van der Waals surface area (Å²) >= 11 is 0. The zero-order chi connectivity index (χ0) is 27.2. The van der Waals surface area contributed by atoms with Crippen molar-refractivity contribution >= 4 is 8.32 Å². The second-order valence-corrected chi connectivity index (χ2v) is 21.4. The average Bonchev–Trinajstić information content (AvgIpc) is 3.44. The first kappa shape index (κ1) is 28.4. The van der Waals surface area contributed by atoms with Gasteiger partial charge in [-0.25, -0.2) is 0 Å². The predicted molar refractivity (Wildman–Crippen MR) is 156 cm³/mol. The third-order valence-corrected chi connectivity index (χ3v) is 17.4. The molecule has 0 aromatic carbocycles. The second kappa shape index (κ2) is 9.18. The molecule has 3 nitrogen and oxygen atoms in total. The molecule has 5 rings (SSSR count). The van der Waals surface area contributed by atoms with Gasteiger partial charge in [0.1, 0.15) is 6.10 Å². The highest BCUT2D eigenvalue weighted by molar-refractivity contribution is 6.74. The maximum atomic E-state index is 11.9. The third kappa shape index (κ3) is 4.66. The van der Waals surface area contributed by atoms with Crippen LogP contribution in [-0.2, 0) is 9.16 Å². The number of hydrogen-bond acceptors (Lipinski definition) is 3. The fraction of sp³-hybridized carbons (Fsp3) is 0.939. The molecule has 5 aliphatic rings. The highest BCUT2D eigenvalue weighted by atomic mass is 28.4. The van der Waals surface area contributed by atoms with E-state index in [1.165, 1.54) is 44.9 Å². The summed E-state index contributed by atoms with van der Waals surface area (Å²) in [5.74, 6) is 3.30. The fourth-order valence-corrected chi connectivity index (χ4v) is 11.2. The summed E-state index contributed by atoms with van der Waals surface area (Å²) in [6.07, 6.45) is 14.4. The van der Waals surface area contributed by atoms with E-state index in [2.05, 4.69) is 74.6 Å². The molecular weight excluding hydrogens is 472 g/mol. The van der Waals surface area contributed by atoms with Gasteiger partial charge in [-0.3, -0.25) is 0 Å². The van der Waals surface area contributed by atoms with Gasteiger partial charge >= 0.3 is 0 Å². The summed E-state index contributed by atoms with van der Waals surface area (Å²) in [6, 6.07) is 0. The summed E-state index contributed by atoms with van der Waals surface area (Å²) in [5, 5.41) is 12.2. The highest BCUT2D eigenvalue weighted by Gasteiger charge is 2.65. The molecular formula is C33H58O3Si. The summed E-state index contributed by atoms with van der Waals surface area (Å²) < 4.78 is 13.0. The van der Waals surface area contributed by atoms with Crippen LogP contribution in [0.3, 0.4) is 0 Å². The molecule has 3 saturated carbocycles. The standard InChI is InChI=1S/C33H58O3Si/c1-21(2)19-27-29(35-27)33(8,34)28-14-13-25-24-12-11-22-20-23(36-37(9,10)30(3,4)5)15-17-31(22,6)26(24)16-18-32(25,28)7/h11,21,23-29,34H,12-20H2,1-10H3/t23-,24-,25-,26-,27+,28-,29?,31-,32-,33+/m0/s1. The van der Waals surface area contributed by atoms with Gasteiger partial charge in [-0.05, 0) is 123 Å². The molecule has 37 heavy (non-hydrogen) atoms. The van der Waals surface area contributed by atoms with E-state index < -0.39 is 13.9 Å². The maximum Gasteiger partial charge on any atom is 0.192 e. The highest BCUT2D eigenvalue weighted by Crippen LogP contribution is 2.68. The molecule has 4 aliphatic carbocycles. The van der Waals surface area contributed by atoms with Crippen LogP contribution >= 0.6 is 0 Å². The van der Waals surface area contributed by atoms with Crippen LogP contribution in [0.25, 0.3) is 0 Å². The topological polar surface area (TPSA) is 42.0 Å². The van der Waals surface area contributed by atoms with Crippen LogP contribution in [0.4, 0.5) is 0 Å². The van der Waals surface area contributed by atoms with E-state index in [1.54, 1.807) is 5.57 Å². The summed E-state index contributed by atoms with van der Waals surface area (Å²) in [4.78, 5) is 0. The Balaban J connectivity index is 1.31. The van der Waals surface area contributed by atoms with Crippen molar-refractivity contribution in [3.8, 4) is 0 Å². The second-order valence-electron chi connectivity index (χ2n) is 16.6. The lowest BCUT2D eigenvalue weighted by Crippen LogP contribution is -2.54. The number of rotatable bonds is 6. The molecule has 1 N–H and O–H groups in total. The van der Waals surface area contributed by atoms with Gasteiger partial charge in [0.05, 0.1) is 11.7 Å². The number of hydrogen-bond donors (Lipinski definition) is 1.